The van der Waals surface area contributed by atoms with Gasteiger partial charge in [0.15, 0.2) is 0 Å². The molecule has 0 aliphatic carbocycles. The smallest absolute Gasteiger partial charge is 0.176 e. The Bertz CT molecular complexity index is 246. The average molecular weight is 220 g/mol. The van der Waals surface area contributed by atoms with Gasteiger partial charge >= 0.3 is 20.8 Å². The van der Waals surface area contributed by atoms with Crippen molar-refractivity contribution in [3.8, 4) is 0 Å². The molecule has 0 aliphatic rings. The molecule has 1 radical (unpaired) electrons. The molecule has 0 aliphatic heterocycles. The van der Waals surface area contributed by atoms with Crippen LogP contribution >= 0.6 is 0 Å². The van der Waals surface area contributed by atoms with Crippen molar-refractivity contribution in [2.75, 3.05) is 0 Å². The Hall–Kier alpha value is 1.36. The first kappa shape index (κ1) is 13.9. The third kappa shape index (κ3) is 12.1. The molecular weight excluding hydrogens is 219 g/mol. The second-order valence-corrected chi connectivity index (χ2v) is 3.38. The molecule has 0 fully saturated rings. The van der Waals surface area contributed by atoms with Crippen LogP contribution in [-0.2, 0) is 20.8 Å². The van der Waals surface area contributed by atoms with E-state index in [-0.39, 0.29) is 55.5 Å². The molecule has 10 heteroatoms. The standard InChI is InChI=1S/F2HNO4S2.K/c1-8(4,5)3-9(2,6)7;/h3H;. The van der Waals surface area contributed by atoms with E-state index in [4.69, 9.17) is 0 Å². The van der Waals surface area contributed by atoms with E-state index in [1.807, 2.05) is 0 Å². The van der Waals surface area contributed by atoms with Gasteiger partial charge in [-0.3, -0.25) is 0 Å². The van der Waals surface area contributed by atoms with Crippen LogP contribution in [0.2, 0.25) is 0 Å². The molecule has 0 saturated carbocycles. The molecule has 0 spiro atoms. The third-order valence-corrected chi connectivity index (χ3v) is 1.79. The van der Waals surface area contributed by atoms with Gasteiger partial charge in [0.2, 0.25) is 0 Å². The summed E-state index contributed by atoms with van der Waals surface area (Å²) in [6, 6.07) is 0. The van der Waals surface area contributed by atoms with Crippen LogP contribution < -0.4 is 4.13 Å². The van der Waals surface area contributed by atoms with Crippen molar-refractivity contribution in [2.45, 2.75) is 0 Å². The Morgan fingerprint density at radius 2 is 1.10 bits per heavy atom. The minimum absolute atomic E-state index is 0. The van der Waals surface area contributed by atoms with Crippen LogP contribution in [-0.4, -0.2) is 68.2 Å². The van der Waals surface area contributed by atoms with Gasteiger partial charge in [0.1, 0.15) is 0 Å². The SMILES string of the molecule is O=S(=O)(F)NS(=O)(=O)F.[K]. The molecule has 0 rings (SSSR count). The summed E-state index contributed by atoms with van der Waals surface area (Å²) in [4.78, 5) is 0. The molecule has 0 atom stereocenters. The van der Waals surface area contributed by atoms with Crippen LogP contribution in [0, 0.1) is 0 Å². The van der Waals surface area contributed by atoms with E-state index in [1.165, 1.54) is 0 Å². The summed E-state index contributed by atoms with van der Waals surface area (Å²) in [5.74, 6) is 0. The van der Waals surface area contributed by atoms with E-state index >= 15 is 0 Å². The molecule has 0 amide bonds. The Morgan fingerprint density at radius 3 is 1.10 bits per heavy atom. The Kier molecular flexibility index (Phi) is 6.12. The first-order chi connectivity index (χ1) is 3.71. The Morgan fingerprint density at radius 1 is 0.900 bits per heavy atom. The topological polar surface area (TPSA) is 80.3 Å². The van der Waals surface area contributed by atoms with Crippen molar-refractivity contribution in [2.24, 2.45) is 0 Å². The van der Waals surface area contributed by atoms with Crippen LogP contribution in [0.25, 0.3) is 0 Å². The molecule has 0 heterocycles. The molecule has 0 aromatic heterocycles. The van der Waals surface area contributed by atoms with Crippen LogP contribution in [0.4, 0.5) is 7.77 Å². The quantitative estimate of drug-likeness (QED) is 0.459. The van der Waals surface area contributed by atoms with Crippen molar-refractivity contribution in [3.05, 3.63) is 0 Å². The fourth-order valence-electron chi connectivity index (χ4n) is 0.119. The maximum absolute atomic E-state index is 11.1. The summed E-state index contributed by atoms with van der Waals surface area (Å²) >= 11 is 0. The zero-order chi connectivity index (χ0) is 7.71. The second kappa shape index (κ2) is 4.40. The minimum atomic E-state index is -5.49. The fourth-order valence-corrected chi connectivity index (χ4v) is 1.07. The van der Waals surface area contributed by atoms with E-state index < -0.39 is 20.8 Å². The zero-order valence-corrected chi connectivity index (χ0v) is 9.46. The summed E-state index contributed by atoms with van der Waals surface area (Å²) in [5, 5.41) is 0. The van der Waals surface area contributed by atoms with E-state index in [2.05, 4.69) is 0 Å². The molecule has 1 N–H and O–H groups in total. The van der Waals surface area contributed by atoms with Crippen LogP contribution in [0.15, 0.2) is 0 Å². The summed E-state index contributed by atoms with van der Waals surface area (Å²) in [6.07, 6.45) is 0. The van der Waals surface area contributed by atoms with Crippen molar-refractivity contribution in [1.82, 2.24) is 4.13 Å². The fraction of sp³-hybridized carbons (Fsp3) is 0. The first-order valence-corrected chi connectivity index (χ1v) is 4.15. The molecule has 0 unspecified atom stereocenters. The Labute approximate surface area is 99.3 Å². The number of nitrogens with one attached hydrogen (secondary N) is 1. The molecule has 10 heavy (non-hydrogen) atoms. The van der Waals surface area contributed by atoms with Gasteiger partial charge in [-0.2, -0.15) is 16.8 Å². The van der Waals surface area contributed by atoms with Gasteiger partial charge in [0.05, 0.1) is 0 Å². The maximum atomic E-state index is 11.1. The van der Waals surface area contributed by atoms with E-state index in [0.29, 0.717) is 0 Å². The van der Waals surface area contributed by atoms with Crippen LogP contribution in [0.3, 0.4) is 0 Å². The van der Waals surface area contributed by atoms with E-state index in [9.17, 15) is 24.6 Å². The summed E-state index contributed by atoms with van der Waals surface area (Å²) in [6.45, 7) is 0. The van der Waals surface area contributed by atoms with Crippen molar-refractivity contribution >= 4 is 72.2 Å². The van der Waals surface area contributed by atoms with Gasteiger partial charge in [0, 0.05) is 51.4 Å². The monoisotopic (exact) mass is 220 g/mol. The summed E-state index contributed by atoms with van der Waals surface area (Å²) in [7, 11) is -11.0. The zero-order valence-electron chi connectivity index (χ0n) is 4.71. The van der Waals surface area contributed by atoms with Gasteiger partial charge < -0.3 is 0 Å². The van der Waals surface area contributed by atoms with Crippen molar-refractivity contribution < 1.29 is 24.6 Å². The molecule has 0 saturated heterocycles. The van der Waals surface area contributed by atoms with Crippen LogP contribution in [0.5, 0.6) is 0 Å². The number of halogens is 2. The molecule has 57 valence electrons. The maximum Gasteiger partial charge on any atom is 0.387 e. The molecular formula is HF2KNO4S2. The molecule has 0 aromatic carbocycles. The van der Waals surface area contributed by atoms with E-state index in [0.717, 1.165) is 0 Å². The van der Waals surface area contributed by atoms with Crippen LogP contribution in [0.1, 0.15) is 0 Å². The second-order valence-electron chi connectivity index (χ2n) is 0.959. The minimum Gasteiger partial charge on any atom is -0.176 e. The normalized spacial score (nSPS) is 12.2. The largest absolute Gasteiger partial charge is 0.387 e. The number of hydrogen-bond acceptors (Lipinski definition) is 4. The van der Waals surface area contributed by atoms with Gasteiger partial charge in [-0.25, -0.2) is 0 Å². The van der Waals surface area contributed by atoms with Crippen molar-refractivity contribution in [3.63, 3.8) is 0 Å². The summed E-state index contributed by atoms with van der Waals surface area (Å²) in [5.41, 5.74) is 0. The predicted octanol–water partition coefficient (Wildman–Crippen LogP) is -1.38. The van der Waals surface area contributed by atoms with Gasteiger partial charge in [-0.1, -0.05) is 11.9 Å². The molecule has 0 aromatic rings. The Balaban J connectivity index is 0. The number of hydrogen-bond donors (Lipinski definition) is 1. The van der Waals surface area contributed by atoms with Crippen molar-refractivity contribution in [1.29, 1.82) is 0 Å². The van der Waals surface area contributed by atoms with Gasteiger partial charge in [0.25, 0.3) is 0 Å². The third-order valence-electron chi connectivity index (χ3n) is 0.199. The summed E-state index contributed by atoms with van der Waals surface area (Å²) < 4.78 is 59.3. The average Bonchev–Trinajstić information content (AvgIpc) is 1.14. The van der Waals surface area contributed by atoms with Gasteiger partial charge in [-0.05, 0) is 0 Å². The predicted molar refractivity (Wildman–Crippen MR) is 28.9 cm³/mol. The van der Waals surface area contributed by atoms with Gasteiger partial charge in [-0.15, -0.1) is 0 Å². The number of rotatable bonds is 2. The van der Waals surface area contributed by atoms with E-state index in [1.54, 1.807) is 0 Å². The first-order valence-electron chi connectivity index (χ1n) is 1.38. The molecule has 0 bridgehead atoms. The molecule has 5 nitrogen and oxygen atoms in total.